The van der Waals surface area contributed by atoms with Gasteiger partial charge in [-0.05, 0) is 37.5 Å². The third-order valence-electron chi connectivity index (χ3n) is 5.25. The number of hydrogen-bond acceptors (Lipinski definition) is 4. The van der Waals surface area contributed by atoms with Crippen molar-refractivity contribution in [2.24, 2.45) is 13.0 Å². The lowest BCUT2D eigenvalue weighted by atomic mass is 10.2. The molecule has 0 aliphatic heterocycles. The summed E-state index contributed by atoms with van der Waals surface area (Å²) in [6.07, 6.45) is 0. The molecule has 0 spiro atoms. The fourth-order valence-corrected chi connectivity index (χ4v) is 4.02. The van der Waals surface area contributed by atoms with Crippen molar-refractivity contribution in [1.29, 1.82) is 0 Å². The summed E-state index contributed by atoms with van der Waals surface area (Å²) in [4.78, 5) is 31.3. The molecule has 0 bridgehead atoms. The van der Waals surface area contributed by atoms with Crippen molar-refractivity contribution in [2.45, 2.75) is 40.8 Å². The molecule has 0 aliphatic rings. The van der Waals surface area contributed by atoms with Gasteiger partial charge in [0.05, 0.1) is 12.2 Å². The standard InChI is InChI=1S/C22H25ClN6O2/c1-13(2)11-27-18-19(24-21(27)29-15(4)10-14(3)25-29)26(5)22(31)28(20(18)30)12-16-8-6-7-9-17(16)23/h6-10,13H,11-12H2,1-5H3. The fraction of sp³-hybridized carbons (Fsp3) is 0.364. The summed E-state index contributed by atoms with van der Waals surface area (Å²) in [5.74, 6) is 0.777. The Kier molecular flexibility index (Phi) is 5.35. The van der Waals surface area contributed by atoms with Crippen LogP contribution in [0.4, 0.5) is 0 Å². The number of nitrogens with zero attached hydrogens (tertiary/aromatic N) is 6. The zero-order valence-electron chi connectivity index (χ0n) is 18.3. The Bertz CT molecular complexity index is 1410. The van der Waals surface area contributed by atoms with Crippen LogP contribution in [0.5, 0.6) is 0 Å². The number of aryl methyl sites for hydroxylation is 3. The van der Waals surface area contributed by atoms with Crippen LogP contribution in [0.25, 0.3) is 17.1 Å². The molecule has 9 heteroatoms. The number of benzene rings is 1. The normalized spacial score (nSPS) is 11.7. The zero-order valence-corrected chi connectivity index (χ0v) is 19.0. The van der Waals surface area contributed by atoms with Gasteiger partial charge in [-0.15, -0.1) is 0 Å². The first kappa shape index (κ1) is 21.1. The van der Waals surface area contributed by atoms with E-state index >= 15 is 0 Å². The maximum absolute atomic E-state index is 13.6. The van der Waals surface area contributed by atoms with Gasteiger partial charge in [-0.1, -0.05) is 43.6 Å². The average molecular weight is 441 g/mol. The Morgan fingerprint density at radius 3 is 2.42 bits per heavy atom. The average Bonchev–Trinajstić information content (AvgIpc) is 3.23. The third kappa shape index (κ3) is 3.61. The number of hydrogen-bond donors (Lipinski definition) is 0. The van der Waals surface area contributed by atoms with E-state index in [1.54, 1.807) is 17.8 Å². The highest BCUT2D eigenvalue weighted by Crippen LogP contribution is 2.20. The number of fused-ring (bicyclic) bond motifs is 1. The van der Waals surface area contributed by atoms with E-state index in [1.807, 2.05) is 42.7 Å². The molecular formula is C22H25ClN6O2. The molecule has 0 atom stereocenters. The SMILES string of the molecule is Cc1cc(C)n(-c2nc3c(c(=O)n(Cc4ccccc4Cl)c(=O)n3C)n2CC(C)C)n1. The second kappa shape index (κ2) is 7.85. The first-order chi connectivity index (χ1) is 14.7. The van der Waals surface area contributed by atoms with E-state index in [0.29, 0.717) is 34.2 Å². The van der Waals surface area contributed by atoms with Gasteiger partial charge in [-0.25, -0.2) is 9.48 Å². The monoisotopic (exact) mass is 440 g/mol. The summed E-state index contributed by atoms with van der Waals surface area (Å²) < 4.78 is 6.22. The Balaban J connectivity index is 2.04. The molecule has 0 aliphatic carbocycles. The number of aromatic nitrogens is 6. The highest BCUT2D eigenvalue weighted by atomic mass is 35.5. The fourth-order valence-electron chi connectivity index (χ4n) is 3.83. The van der Waals surface area contributed by atoms with Gasteiger partial charge in [0.2, 0.25) is 5.95 Å². The Morgan fingerprint density at radius 1 is 1.10 bits per heavy atom. The van der Waals surface area contributed by atoms with Gasteiger partial charge in [0.15, 0.2) is 11.2 Å². The van der Waals surface area contributed by atoms with E-state index in [0.717, 1.165) is 11.4 Å². The van der Waals surface area contributed by atoms with Crippen LogP contribution in [-0.4, -0.2) is 28.5 Å². The van der Waals surface area contributed by atoms with Crippen LogP contribution in [0.3, 0.4) is 0 Å². The van der Waals surface area contributed by atoms with Gasteiger partial charge in [-0.3, -0.25) is 13.9 Å². The molecule has 4 rings (SSSR count). The molecule has 162 valence electrons. The second-order valence-electron chi connectivity index (χ2n) is 8.25. The summed E-state index contributed by atoms with van der Waals surface area (Å²) in [5, 5.41) is 5.06. The van der Waals surface area contributed by atoms with E-state index < -0.39 is 5.69 Å². The first-order valence-corrected chi connectivity index (χ1v) is 10.5. The minimum atomic E-state index is -0.438. The smallest absolute Gasteiger partial charge is 0.302 e. The molecular weight excluding hydrogens is 416 g/mol. The van der Waals surface area contributed by atoms with E-state index in [-0.39, 0.29) is 18.0 Å². The summed E-state index contributed by atoms with van der Waals surface area (Å²) in [5.41, 5.74) is 2.35. The lowest BCUT2D eigenvalue weighted by Gasteiger charge is -2.13. The molecule has 31 heavy (non-hydrogen) atoms. The molecule has 8 nitrogen and oxygen atoms in total. The van der Waals surface area contributed by atoms with Gasteiger partial charge < -0.3 is 4.57 Å². The van der Waals surface area contributed by atoms with E-state index in [1.165, 1.54) is 9.13 Å². The van der Waals surface area contributed by atoms with Crippen molar-refractivity contribution in [1.82, 2.24) is 28.5 Å². The van der Waals surface area contributed by atoms with E-state index in [2.05, 4.69) is 23.9 Å². The van der Waals surface area contributed by atoms with Crippen LogP contribution in [0.2, 0.25) is 5.02 Å². The number of halogens is 1. The van der Waals surface area contributed by atoms with Crippen molar-refractivity contribution in [3.8, 4) is 5.95 Å². The van der Waals surface area contributed by atoms with Crippen LogP contribution < -0.4 is 11.2 Å². The van der Waals surface area contributed by atoms with Crippen LogP contribution in [-0.2, 0) is 20.1 Å². The Hall–Kier alpha value is -3.13. The highest BCUT2D eigenvalue weighted by Gasteiger charge is 2.23. The molecule has 0 fully saturated rings. The third-order valence-corrected chi connectivity index (χ3v) is 5.61. The largest absolute Gasteiger partial charge is 0.332 e. The maximum Gasteiger partial charge on any atom is 0.332 e. The lowest BCUT2D eigenvalue weighted by Crippen LogP contribution is -2.40. The van der Waals surface area contributed by atoms with Gasteiger partial charge in [0.1, 0.15) is 0 Å². The van der Waals surface area contributed by atoms with E-state index in [4.69, 9.17) is 11.6 Å². The first-order valence-electron chi connectivity index (χ1n) is 10.2. The summed E-state index contributed by atoms with van der Waals surface area (Å²) in [7, 11) is 1.63. The molecule has 0 saturated heterocycles. The summed E-state index contributed by atoms with van der Waals surface area (Å²) in [6.45, 7) is 8.63. The van der Waals surface area contributed by atoms with Gasteiger partial charge in [-0.2, -0.15) is 10.1 Å². The minimum Gasteiger partial charge on any atom is -0.302 e. The predicted molar refractivity (Wildman–Crippen MR) is 121 cm³/mol. The molecule has 1 aromatic carbocycles. The molecule has 0 amide bonds. The molecule has 0 unspecified atom stereocenters. The second-order valence-corrected chi connectivity index (χ2v) is 8.66. The van der Waals surface area contributed by atoms with Crippen molar-refractivity contribution in [3.05, 3.63) is 73.1 Å². The number of rotatable bonds is 5. The Morgan fingerprint density at radius 2 is 1.81 bits per heavy atom. The summed E-state index contributed by atoms with van der Waals surface area (Å²) in [6, 6.07) is 9.15. The lowest BCUT2D eigenvalue weighted by molar-refractivity contribution is 0.516. The van der Waals surface area contributed by atoms with Gasteiger partial charge in [0, 0.05) is 24.3 Å². The van der Waals surface area contributed by atoms with E-state index in [9.17, 15) is 9.59 Å². The topological polar surface area (TPSA) is 79.6 Å². The molecule has 4 aromatic rings. The number of imidazole rings is 1. The van der Waals surface area contributed by atoms with Crippen LogP contribution in [0.15, 0.2) is 39.9 Å². The van der Waals surface area contributed by atoms with Crippen molar-refractivity contribution < 1.29 is 0 Å². The molecule has 0 saturated carbocycles. The van der Waals surface area contributed by atoms with Crippen molar-refractivity contribution in [2.75, 3.05) is 0 Å². The maximum atomic E-state index is 13.6. The molecule has 3 aromatic heterocycles. The van der Waals surface area contributed by atoms with Crippen LogP contribution >= 0.6 is 11.6 Å². The molecule has 0 N–H and O–H groups in total. The van der Waals surface area contributed by atoms with Gasteiger partial charge >= 0.3 is 5.69 Å². The quantitative estimate of drug-likeness (QED) is 0.477. The Labute approximate surface area is 184 Å². The highest BCUT2D eigenvalue weighted by molar-refractivity contribution is 6.31. The van der Waals surface area contributed by atoms with Crippen molar-refractivity contribution in [3.63, 3.8) is 0 Å². The minimum absolute atomic E-state index is 0.0865. The predicted octanol–water partition coefficient (Wildman–Crippen LogP) is 3.06. The molecule has 0 radical (unpaired) electrons. The van der Waals surface area contributed by atoms with Crippen molar-refractivity contribution >= 4 is 22.8 Å². The molecule has 3 heterocycles. The summed E-state index contributed by atoms with van der Waals surface area (Å²) >= 11 is 6.29. The van der Waals surface area contributed by atoms with Gasteiger partial charge in [0.25, 0.3) is 5.56 Å². The zero-order chi connectivity index (χ0) is 22.4. The van der Waals surface area contributed by atoms with Crippen LogP contribution in [0.1, 0.15) is 30.8 Å². The van der Waals surface area contributed by atoms with Crippen LogP contribution in [0, 0.1) is 19.8 Å².